The van der Waals surface area contributed by atoms with Crippen molar-refractivity contribution in [3.8, 4) is 5.88 Å². The first-order valence-corrected chi connectivity index (χ1v) is 3.56. The zero-order chi connectivity index (χ0) is 10.8. The van der Waals surface area contributed by atoms with Crippen LogP contribution in [0.1, 0.15) is 16.1 Å². The van der Waals surface area contributed by atoms with Gasteiger partial charge in [-0.05, 0) is 6.07 Å². The maximum Gasteiger partial charge on any atom is 0.434 e. The van der Waals surface area contributed by atoms with Crippen LogP contribution in [0.2, 0.25) is 0 Å². The zero-order valence-electron chi connectivity index (χ0n) is 7.13. The molecule has 1 rings (SSSR count). The summed E-state index contributed by atoms with van der Waals surface area (Å²) in [5.74, 6) is -0.178. The van der Waals surface area contributed by atoms with E-state index in [1.54, 1.807) is 0 Å². The summed E-state index contributed by atoms with van der Waals surface area (Å²) >= 11 is 0. The summed E-state index contributed by atoms with van der Waals surface area (Å²) in [5.41, 5.74) is -1.73. The molecule has 14 heavy (non-hydrogen) atoms. The average Bonchev–Trinajstić information content (AvgIpc) is 2.15. The summed E-state index contributed by atoms with van der Waals surface area (Å²) in [6.45, 7) is 0. The molecule has 0 spiro atoms. The van der Waals surface area contributed by atoms with E-state index in [1.165, 1.54) is 13.2 Å². The number of halogens is 3. The van der Waals surface area contributed by atoms with Crippen LogP contribution in [0.3, 0.4) is 0 Å². The highest BCUT2D eigenvalue weighted by atomic mass is 19.4. The summed E-state index contributed by atoms with van der Waals surface area (Å²) in [6.07, 6.45) is -4.54. The summed E-state index contributed by atoms with van der Waals surface area (Å²) in [4.78, 5) is 13.4. The number of methoxy groups -OCH3 is 1. The van der Waals surface area contributed by atoms with Crippen LogP contribution >= 0.6 is 0 Å². The minimum Gasteiger partial charge on any atom is -0.481 e. The predicted octanol–water partition coefficient (Wildman–Crippen LogP) is 1.92. The first-order chi connectivity index (χ1) is 6.49. The van der Waals surface area contributed by atoms with E-state index >= 15 is 0 Å². The Morgan fingerprint density at radius 2 is 2.07 bits per heavy atom. The van der Waals surface area contributed by atoms with Gasteiger partial charge in [0.2, 0.25) is 5.88 Å². The molecule has 0 saturated carbocycles. The standard InChI is InChI=1S/C8H6F3NO2/c1-14-6-3-2-5(4-13)7(12-6)8(9,10)11/h2-4H,1H3. The number of aldehydes is 1. The Hall–Kier alpha value is -1.59. The Bertz CT molecular complexity index is 349. The van der Waals surface area contributed by atoms with Crippen molar-refractivity contribution in [2.75, 3.05) is 7.11 Å². The second kappa shape index (κ2) is 3.65. The van der Waals surface area contributed by atoms with E-state index in [1.807, 2.05) is 0 Å². The number of alkyl halides is 3. The van der Waals surface area contributed by atoms with Gasteiger partial charge < -0.3 is 4.74 Å². The molecule has 0 aliphatic rings. The third-order valence-corrected chi connectivity index (χ3v) is 1.51. The van der Waals surface area contributed by atoms with Gasteiger partial charge in [-0.25, -0.2) is 4.98 Å². The lowest BCUT2D eigenvalue weighted by atomic mass is 10.2. The number of hydrogen-bond acceptors (Lipinski definition) is 3. The van der Waals surface area contributed by atoms with E-state index in [4.69, 9.17) is 0 Å². The van der Waals surface area contributed by atoms with E-state index in [0.29, 0.717) is 0 Å². The van der Waals surface area contributed by atoms with Gasteiger partial charge in [-0.15, -0.1) is 0 Å². The summed E-state index contributed by atoms with van der Waals surface area (Å²) in [5, 5.41) is 0. The lowest BCUT2D eigenvalue weighted by Gasteiger charge is -2.09. The van der Waals surface area contributed by atoms with Crippen LogP contribution in [-0.4, -0.2) is 18.4 Å². The Labute approximate surface area is 77.5 Å². The van der Waals surface area contributed by atoms with Crippen LogP contribution in [0.5, 0.6) is 5.88 Å². The van der Waals surface area contributed by atoms with Crippen molar-refractivity contribution in [1.82, 2.24) is 4.98 Å². The first kappa shape index (κ1) is 10.5. The molecule has 0 saturated heterocycles. The molecule has 1 aromatic heterocycles. The van der Waals surface area contributed by atoms with Gasteiger partial charge in [0, 0.05) is 11.6 Å². The Balaban J connectivity index is 3.29. The highest BCUT2D eigenvalue weighted by Gasteiger charge is 2.35. The number of carbonyl (C=O) groups excluding carboxylic acids is 1. The summed E-state index contributed by atoms with van der Waals surface area (Å²) in [6, 6.07) is 2.21. The molecule has 0 amide bonds. The van der Waals surface area contributed by atoms with Crippen molar-refractivity contribution in [2.24, 2.45) is 0 Å². The molecule has 1 aromatic rings. The van der Waals surface area contributed by atoms with Crippen LogP contribution in [0, 0.1) is 0 Å². The molecule has 0 aromatic carbocycles. The normalized spacial score (nSPS) is 11.1. The molecule has 6 heteroatoms. The molecule has 0 aliphatic heterocycles. The Kier molecular flexibility index (Phi) is 2.73. The molecule has 0 aliphatic carbocycles. The second-order valence-electron chi connectivity index (χ2n) is 2.41. The maximum atomic E-state index is 12.3. The monoisotopic (exact) mass is 205 g/mol. The SMILES string of the molecule is COc1ccc(C=O)c(C(F)(F)F)n1. The Morgan fingerprint density at radius 3 is 2.50 bits per heavy atom. The molecule has 1 heterocycles. The molecule has 76 valence electrons. The number of hydrogen-bond donors (Lipinski definition) is 0. The molecule has 0 radical (unpaired) electrons. The molecule has 0 bridgehead atoms. The third kappa shape index (κ3) is 2.01. The number of pyridine rings is 1. The molecular formula is C8H6F3NO2. The van der Waals surface area contributed by atoms with Gasteiger partial charge in [0.05, 0.1) is 7.11 Å². The maximum absolute atomic E-state index is 12.3. The average molecular weight is 205 g/mol. The first-order valence-electron chi connectivity index (χ1n) is 3.56. The molecule has 3 nitrogen and oxygen atoms in total. The van der Waals surface area contributed by atoms with Gasteiger partial charge in [-0.3, -0.25) is 4.79 Å². The van der Waals surface area contributed by atoms with E-state index < -0.39 is 17.4 Å². The lowest BCUT2D eigenvalue weighted by Crippen LogP contribution is -2.12. The second-order valence-corrected chi connectivity index (χ2v) is 2.41. The minimum atomic E-state index is -4.65. The molecule has 0 unspecified atom stereocenters. The predicted molar refractivity (Wildman–Crippen MR) is 41.2 cm³/mol. The topological polar surface area (TPSA) is 39.2 Å². The van der Waals surface area contributed by atoms with Crippen LogP contribution in [0.4, 0.5) is 13.2 Å². The summed E-state index contributed by atoms with van der Waals surface area (Å²) in [7, 11) is 1.20. The number of nitrogens with zero attached hydrogens (tertiary/aromatic N) is 1. The van der Waals surface area contributed by atoms with Crippen molar-refractivity contribution in [3.05, 3.63) is 23.4 Å². The van der Waals surface area contributed by atoms with Gasteiger partial charge in [-0.2, -0.15) is 13.2 Å². The van der Waals surface area contributed by atoms with Crippen molar-refractivity contribution >= 4 is 6.29 Å². The third-order valence-electron chi connectivity index (χ3n) is 1.51. The van der Waals surface area contributed by atoms with Gasteiger partial charge >= 0.3 is 6.18 Å². The number of carbonyl (C=O) groups is 1. The summed E-state index contributed by atoms with van der Waals surface area (Å²) < 4.78 is 41.3. The fourth-order valence-electron chi connectivity index (χ4n) is 0.888. The molecule has 0 fully saturated rings. The van der Waals surface area contributed by atoms with Crippen LogP contribution in [0.25, 0.3) is 0 Å². The van der Waals surface area contributed by atoms with Crippen LogP contribution in [0.15, 0.2) is 12.1 Å². The molecular weight excluding hydrogens is 199 g/mol. The van der Waals surface area contributed by atoms with Crippen molar-refractivity contribution in [1.29, 1.82) is 0 Å². The fourth-order valence-corrected chi connectivity index (χ4v) is 0.888. The van der Waals surface area contributed by atoms with Gasteiger partial charge in [-0.1, -0.05) is 0 Å². The van der Waals surface area contributed by atoms with Crippen molar-refractivity contribution < 1.29 is 22.7 Å². The van der Waals surface area contributed by atoms with E-state index in [-0.39, 0.29) is 12.2 Å². The highest BCUT2D eigenvalue weighted by Crippen LogP contribution is 2.30. The lowest BCUT2D eigenvalue weighted by molar-refractivity contribution is -0.141. The number of ether oxygens (including phenoxy) is 1. The Morgan fingerprint density at radius 1 is 1.43 bits per heavy atom. The van der Waals surface area contributed by atoms with Gasteiger partial charge in [0.15, 0.2) is 12.0 Å². The largest absolute Gasteiger partial charge is 0.481 e. The zero-order valence-corrected chi connectivity index (χ0v) is 7.13. The van der Waals surface area contributed by atoms with E-state index in [9.17, 15) is 18.0 Å². The van der Waals surface area contributed by atoms with Gasteiger partial charge in [0.25, 0.3) is 0 Å². The smallest absolute Gasteiger partial charge is 0.434 e. The quantitative estimate of drug-likeness (QED) is 0.692. The fraction of sp³-hybridized carbons (Fsp3) is 0.250. The van der Waals surface area contributed by atoms with E-state index in [2.05, 4.69) is 9.72 Å². The van der Waals surface area contributed by atoms with Crippen molar-refractivity contribution in [3.63, 3.8) is 0 Å². The van der Waals surface area contributed by atoms with Crippen LogP contribution < -0.4 is 4.74 Å². The number of aromatic nitrogens is 1. The van der Waals surface area contributed by atoms with Gasteiger partial charge in [0.1, 0.15) is 0 Å². The van der Waals surface area contributed by atoms with E-state index in [0.717, 1.165) is 6.07 Å². The van der Waals surface area contributed by atoms with Crippen LogP contribution in [-0.2, 0) is 6.18 Å². The minimum absolute atomic E-state index is 0.106. The number of rotatable bonds is 2. The molecule has 0 N–H and O–H groups in total. The van der Waals surface area contributed by atoms with Crippen molar-refractivity contribution in [2.45, 2.75) is 6.18 Å². The highest BCUT2D eigenvalue weighted by molar-refractivity contribution is 5.76. The molecule has 0 atom stereocenters.